The Balaban J connectivity index is 1.52. The van der Waals surface area contributed by atoms with Crippen molar-refractivity contribution in [3.63, 3.8) is 0 Å². The Kier molecular flexibility index (Phi) is 7.31. The summed E-state index contributed by atoms with van der Waals surface area (Å²) in [6.45, 7) is 3.98. The number of amides is 3. The van der Waals surface area contributed by atoms with Gasteiger partial charge < -0.3 is 10.1 Å². The largest absolute Gasteiger partial charge is 0.467 e. The van der Waals surface area contributed by atoms with E-state index in [0.29, 0.717) is 34.6 Å². The number of anilines is 2. The number of ether oxygens (including phenoxy) is 1. The quantitative estimate of drug-likeness (QED) is 0.371. The highest BCUT2D eigenvalue weighted by Gasteiger charge is 2.39. The number of hydrogen-bond acceptors (Lipinski definition) is 6. The van der Waals surface area contributed by atoms with Gasteiger partial charge in [0.05, 0.1) is 18.8 Å². The number of aryl methyl sites for hydroxylation is 2. The average molecular weight is 560 g/mol. The number of nitrogens with one attached hydrogen (secondary N) is 1. The van der Waals surface area contributed by atoms with Crippen molar-refractivity contribution in [1.82, 2.24) is 24.6 Å². The molecule has 0 unspecified atom stereocenters. The Labute approximate surface area is 235 Å². The lowest BCUT2D eigenvalue weighted by molar-refractivity contribution is 0.0963. The number of rotatable bonds is 7. The van der Waals surface area contributed by atoms with E-state index in [1.165, 1.54) is 35.4 Å². The average Bonchev–Trinajstić information content (AvgIpc) is 3.45. The third-order valence-corrected chi connectivity index (χ3v) is 7.06. The standard InChI is InChI=1S/C29H30FN7O4/c1-6-20-15-23(18-10-12-21(13-11-18)37-27(41-5)33-34(4)28(37)39)24(30)25(32-20)35-16-17(2)36(29(35)40)22-9-7-8-19(14-22)26(38)31-3/h7-15,17H,6,16H2,1-5H3,(H,31,38)/t17-/m0/s1. The summed E-state index contributed by atoms with van der Waals surface area (Å²) in [5.41, 5.74) is 2.53. The maximum Gasteiger partial charge on any atom is 0.353 e. The number of urea groups is 1. The van der Waals surface area contributed by atoms with Crippen LogP contribution in [-0.4, -0.2) is 58.0 Å². The van der Waals surface area contributed by atoms with Gasteiger partial charge in [-0.25, -0.2) is 28.2 Å². The zero-order valence-electron chi connectivity index (χ0n) is 23.4. The van der Waals surface area contributed by atoms with Crippen LogP contribution in [0.1, 0.15) is 29.9 Å². The highest BCUT2D eigenvalue weighted by atomic mass is 19.1. The van der Waals surface area contributed by atoms with E-state index in [9.17, 15) is 14.4 Å². The van der Waals surface area contributed by atoms with E-state index in [2.05, 4.69) is 15.4 Å². The molecule has 212 valence electrons. The zero-order chi connectivity index (χ0) is 29.4. The van der Waals surface area contributed by atoms with Gasteiger partial charge in [-0.1, -0.05) is 25.1 Å². The zero-order valence-corrected chi connectivity index (χ0v) is 23.4. The summed E-state index contributed by atoms with van der Waals surface area (Å²) in [5, 5.41) is 6.63. The van der Waals surface area contributed by atoms with E-state index in [1.54, 1.807) is 59.5 Å². The predicted molar refractivity (Wildman–Crippen MR) is 152 cm³/mol. The Hall–Kier alpha value is -5.00. The third-order valence-electron chi connectivity index (χ3n) is 7.06. The van der Waals surface area contributed by atoms with Crippen LogP contribution in [0.4, 0.5) is 20.7 Å². The predicted octanol–water partition coefficient (Wildman–Crippen LogP) is 3.54. The van der Waals surface area contributed by atoms with Crippen LogP contribution in [0.5, 0.6) is 6.01 Å². The van der Waals surface area contributed by atoms with E-state index in [4.69, 9.17) is 4.74 Å². The molecule has 1 N–H and O–H groups in total. The first-order valence-electron chi connectivity index (χ1n) is 13.1. The number of methoxy groups -OCH3 is 1. The molecule has 5 rings (SSSR count). The highest BCUT2D eigenvalue weighted by molar-refractivity contribution is 6.07. The van der Waals surface area contributed by atoms with E-state index >= 15 is 4.39 Å². The first-order valence-corrected chi connectivity index (χ1v) is 13.1. The lowest BCUT2D eigenvalue weighted by Crippen LogP contribution is -2.34. The van der Waals surface area contributed by atoms with E-state index in [1.807, 2.05) is 13.8 Å². The lowest BCUT2D eigenvalue weighted by Gasteiger charge is -2.22. The van der Waals surface area contributed by atoms with Crippen molar-refractivity contribution >= 4 is 23.4 Å². The summed E-state index contributed by atoms with van der Waals surface area (Å²) in [6.07, 6.45) is 0.524. The second-order valence-corrected chi connectivity index (χ2v) is 9.67. The molecule has 41 heavy (non-hydrogen) atoms. The molecule has 3 heterocycles. The molecule has 1 atom stereocenters. The first-order chi connectivity index (χ1) is 19.7. The number of nitrogens with zero attached hydrogens (tertiary/aromatic N) is 6. The molecular weight excluding hydrogens is 529 g/mol. The Morgan fingerprint density at radius 1 is 1.12 bits per heavy atom. The van der Waals surface area contributed by atoms with Gasteiger partial charge in [-0.05, 0) is 55.3 Å². The number of carbonyl (C=O) groups excluding carboxylic acids is 2. The monoisotopic (exact) mass is 559 g/mol. The first kappa shape index (κ1) is 27.6. The molecule has 12 heteroatoms. The minimum absolute atomic E-state index is 0.0598. The summed E-state index contributed by atoms with van der Waals surface area (Å²) in [6, 6.07) is 14.5. The van der Waals surface area contributed by atoms with Gasteiger partial charge >= 0.3 is 17.7 Å². The van der Waals surface area contributed by atoms with Crippen LogP contribution < -0.4 is 25.5 Å². The summed E-state index contributed by atoms with van der Waals surface area (Å²) in [5.74, 6) is -0.961. The van der Waals surface area contributed by atoms with Crippen molar-refractivity contribution in [2.24, 2.45) is 7.05 Å². The van der Waals surface area contributed by atoms with Crippen molar-refractivity contribution in [3.05, 3.63) is 82.2 Å². The van der Waals surface area contributed by atoms with Crippen LogP contribution in [0.2, 0.25) is 0 Å². The van der Waals surface area contributed by atoms with Crippen molar-refractivity contribution in [2.75, 3.05) is 30.5 Å². The number of halogens is 1. The number of hydrogen-bond donors (Lipinski definition) is 1. The molecule has 4 aromatic rings. The fraction of sp³-hybridized carbons (Fsp3) is 0.276. The Bertz CT molecular complexity index is 1700. The van der Waals surface area contributed by atoms with Crippen molar-refractivity contribution in [1.29, 1.82) is 0 Å². The summed E-state index contributed by atoms with van der Waals surface area (Å²) in [7, 11) is 4.49. The maximum atomic E-state index is 16.2. The molecule has 1 aliphatic heterocycles. The van der Waals surface area contributed by atoms with Crippen LogP contribution in [0.3, 0.4) is 0 Å². The van der Waals surface area contributed by atoms with Gasteiger partial charge in [0, 0.05) is 43.1 Å². The van der Waals surface area contributed by atoms with Crippen LogP contribution in [0.15, 0.2) is 59.4 Å². The molecule has 0 bridgehead atoms. The number of benzene rings is 2. The van der Waals surface area contributed by atoms with Gasteiger partial charge in [0.15, 0.2) is 11.6 Å². The molecule has 2 aromatic carbocycles. The minimum Gasteiger partial charge on any atom is -0.467 e. The highest BCUT2D eigenvalue weighted by Crippen LogP contribution is 2.34. The van der Waals surface area contributed by atoms with Gasteiger partial charge in [-0.2, -0.15) is 0 Å². The van der Waals surface area contributed by atoms with Crippen LogP contribution >= 0.6 is 0 Å². The minimum atomic E-state index is -0.632. The smallest absolute Gasteiger partial charge is 0.353 e. The summed E-state index contributed by atoms with van der Waals surface area (Å²) >= 11 is 0. The van der Waals surface area contributed by atoms with E-state index < -0.39 is 11.8 Å². The second kappa shape index (κ2) is 10.9. The molecule has 0 saturated carbocycles. The Morgan fingerprint density at radius 2 is 1.85 bits per heavy atom. The maximum absolute atomic E-state index is 16.2. The number of pyridine rings is 1. The second-order valence-electron chi connectivity index (χ2n) is 9.67. The summed E-state index contributed by atoms with van der Waals surface area (Å²) in [4.78, 5) is 45.7. The number of aromatic nitrogens is 4. The van der Waals surface area contributed by atoms with E-state index in [0.717, 1.165) is 0 Å². The molecule has 1 saturated heterocycles. The van der Waals surface area contributed by atoms with Crippen molar-refractivity contribution in [3.8, 4) is 22.8 Å². The van der Waals surface area contributed by atoms with Crippen LogP contribution in [-0.2, 0) is 13.5 Å². The van der Waals surface area contributed by atoms with Crippen LogP contribution in [0.25, 0.3) is 16.8 Å². The van der Waals surface area contributed by atoms with Gasteiger partial charge in [-0.15, -0.1) is 5.10 Å². The molecule has 2 aromatic heterocycles. The van der Waals surface area contributed by atoms with Gasteiger partial charge in [0.2, 0.25) is 0 Å². The molecule has 0 aliphatic carbocycles. The third kappa shape index (κ3) is 4.81. The van der Waals surface area contributed by atoms with Gasteiger partial charge in [-0.3, -0.25) is 14.6 Å². The molecule has 11 nitrogen and oxygen atoms in total. The molecule has 1 aliphatic rings. The van der Waals surface area contributed by atoms with Gasteiger partial charge in [0.1, 0.15) is 0 Å². The fourth-order valence-electron chi connectivity index (χ4n) is 4.95. The summed E-state index contributed by atoms with van der Waals surface area (Å²) < 4.78 is 23.9. The van der Waals surface area contributed by atoms with Crippen LogP contribution in [0, 0.1) is 5.82 Å². The fourth-order valence-corrected chi connectivity index (χ4v) is 4.95. The van der Waals surface area contributed by atoms with Crippen molar-refractivity contribution in [2.45, 2.75) is 26.3 Å². The lowest BCUT2D eigenvalue weighted by atomic mass is 10.0. The van der Waals surface area contributed by atoms with E-state index in [-0.39, 0.29) is 41.6 Å². The van der Waals surface area contributed by atoms with Gasteiger partial charge in [0.25, 0.3) is 5.91 Å². The molecule has 0 radical (unpaired) electrons. The molecule has 1 fully saturated rings. The Morgan fingerprint density at radius 3 is 2.51 bits per heavy atom. The van der Waals surface area contributed by atoms with Crippen molar-refractivity contribution < 1.29 is 18.7 Å². The SMILES string of the molecule is CCc1cc(-c2ccc(-n3c(OC)nn(C)c3=O)cc2)c(F)c(N2C[C@H](C)N(c3cccc(C(=O)NC)c3)C2=O)n1. The molecular formula is C29H30FN7O4. The normalized spacial score (nSPS) is 15.0. The molecule has 3 amide bonds. The molecule has 0 spiro atoms. The topological polar surface area (TPSA) is 115 Å². The number of carbonyl (C=O) groups is 2.